The zero-order chi connectivity index (χ0) is 12.3. The highest BCUT2D eigenvalue weighted by molar-refractivity contribution is 5.80. The summed E-state index contributed by atoms with van der Waals surface area (Å²) in [6.45, 7) is 9.72. The molecule has 0 bridgehead atoms. The number of aryl methyl sites for hydroxylation is 1. The second kappa shape index (κ2) is 5.37. The molecule has 92 valence electrons. The molecule has 0 unspecified atom stereocenters. The van der Waals surface area contributed by atoms with Crippen molar-refractivity contribution in [2.24, 2.45) is 5.92 Å². The number of fused-ring (bicyclic) bond motifs is 1. The van der Waals surface area contributed by atoms with Crippen molar-refractivity contribution >= 4 is 10.9 Å². The standard InChI is InChI=1S/C15H22N2/c1-4-17-8-7-14-6-5-13(9-15(14)17)11-16-10-12(2)3/h5-9,12,16H,4,10-11H2,1-3H3. The second-order valence-electron chi connectivity index (χ2n) is 5.02. The molecule has 1 heterocycles. The lowest BCUT2D eigenvalue weighted by atomic mass is 10.1. The van der Waals surface area contributed by atoms with Gasteiger partial charge in [-0.15, -0.1) is 0 Å². The average molecular weight is 230 g/mol. The van der Waals surface area contributed by atoms with Crippen LogP contribution in [0.5, 0.6) is 0 Å². The van der Waals surface area contributed by atoms with Gasteiger partial charge in [0.2, 0.25) is 0 Å². The van der Waals surface area contributed by atoms with Crippen molar-refractivity contribution < 1.29 is 0 Å². The van der Waals surface area contributed by atoms with E-state index in [0.29, 0.717) is 5.92 Å². The Hall–Kier alpha value is -1.28. The molecule has 0 fully saturated rings. The summed E-state index contributed by atoms with van der Waals surface area (Å²) in [6.07, 6.45) is 2.16. The van der Waals surface area contributed by atoms with Crippen molar-refractivity contribution in [2.75, 3.05) is 6.54 Å². The predicted octanol–water partition coefficient (Wildman–Crippen LogP) is 3.41. The van der Waals surface area contributed by atoms with E-state index in [-0.39, 0.29) is 0 Å². The SMILES string of the molecule is CCn1ccc2ccc(CNCC(C)C)cc21. The van der Waals surface area contributed by atoms with Crippen LogP contribution in [0, 0.1) is 5.92 Å². The van der Waals surface area contributed by atoms with Gasteiger partial charge in [0.25, 0.3) is 0 Å². The third-order valence-corrected chi connectivity index (χ3v) is 3.06. The zero-order valence-electron chi connectivity index (χ0n) is 11.0. The van der Waals surface area contributed by atoms with Gasteiger partial charge in [-0.25, -0.2) is 0 Å². The Labute approximate surface area is 104 Å². The number of hydrogen-bond acceptors (Lipinski definition) is 1. The number of aromatic nitrogens is 1. The number of nitrogens with one attached hydrogen (secondary N) is 1. The largest absolute Gasteiger partial charge is 0.348 e. The van der Waals surface area contributed by atoms with Gasteiger partial charge in [0, 0.05) is 24.8 Å². The molecule has 0 aliphatic heterocycles. The molecule has 0 aliphatic rings. The summed E-state index contributed by atoms with van der Waals surface area (Å²) in [5, 5.41) is 4.82. The van der Waals surface area contributed by atoms with Crippen LogP contribution in [0.15, 0.2) is 30.5 Å². The molecule has 2 heteroatoms. The number of nitrogens with zero attached hydrogens (tertiary/aromatic N) is 1. The van der Waals surface area contributed by atoms with E-state index in [1.165, 1.54) is 16.5 Å². The summed E-state index contributed by atoms with van der Waals surface area (Å²) in [6, 6.07) is 8.92. The van der Waals surface area contributed by atoms with Crippen LogP contribution >= 0.6 is 0 Å². The molecule has 0 radical (unpaired) electrons. The highest BCUT2D eigenvalue weighted by Crippen LogP contribution is 2.17. The van der Waals surface area contributed by atoms with Gasteiger partial charge in [-0.2, -0.15) is 0 Å². The van der Waals surface area contributed by atoms with Crippen LogP contribution < -0.4 is 5.32 Å². The molecule has 1 N–H and O–H groups in total. The maximum absolute atomic E-state index is 3.49. The third kappa shape index (κ3) is 2.89. The molecule has 2 nitrogen and oxygen atoms in total. The summed E-state index contributed by atoms with van der Waals surface area (Å²) >= 11 is 0. The summed E-state index contributed by atoms with van der Waals surface area (Å²) in [5.74, 6) is 0.707. The highest BCUT2D eigenvalue weighted by Gasteiger charge is 2.01. The summed E-state index contributed by atoms with van der Waals surface area (Å²) < 4.78 is 2.29. The topological polar surface area (TPSA) is 17.0 Å². The Bertz CT molecular complexity index is 483. The van der Waals surface area contributed by atoms with Gasteiger partial charge in [0.1, 0.15) is 0 Å². The van der Waals surface area contributed by atoms with Gasteiger partial charge in [0.05, 0.1) is 0 Å². The fraction of sp³-hybridized carbons (Fsp3) is 0.467. The molecule has 2 rings (SSSR count). The predicted molar refractivity (Wildman–Crippen MR) is 74.2 cm³/mol. The lowest BCUT2D eigenvalue weighted by molar-refractivity contribution is 0.552. The monoisotopic (exact) mass is 230 g/mol. The average Bonchev–Trinajstić information content (AvgIpc) is 2.70. The van der Waals surface area contributed by atoms with E-state index < -0.39 is 0 Å². The first-order valence-corrected chi connectivity index (χ1v) is 6.49. The van der Waals surface area contributed by atoms with E-state index in [0.717, 1.165) is 19.6 Å². The van der Waals surface area contributed by atoms with Crippen LogP contribution in [0.2, 0.25) is 0 Å². The van der Waals surface area contributed by atoms with Crippen LogP contribution in [0.3, 0.4) is 0 Å². The summed E-state index contributed by atoms with van der Waals surface area (Å²) in [5.41, 5.74) is 2.71. The van der Waals surface area contributed by atoms with E-state index in [1.807, 2.05) is 0 Å². The first-order chi connectivity index (χ1) is 8.20. The second-order valence-corrected chi connectivity index (χ2v) is 5.02. The van der Waals surface area contributed by atoms with Crippen LogP contribution in [-0.4, -0.2) is 11.1 Å². The fourth-order valence-electron chi connectivity index (χ4n) is 2.12. The van der Waals surface area contributed by atoms with Crippen LogP contribution in [0.4, 0.5) is 0 Å². The van der Waals surface area contributed by atoms with Crippen molar-refractivity contribution in [3.63, 3.8) is 0 Å². The minimum Gasteiger partial charge on any atom is -0.348 e. The van der Waals surface area contributed by atoms with E-state index in [1.54, 1.807) is 0 Å². The Morgan fingerprint density at radius 2 is 2.06 bits per heavy atom. The molecule has 1 aromatic heterocycles. The minimum absolute atomic E-state index is 0.707. The van der Waals surface area contributed by atoms with E-state index >= 15 is 0 Å². The maximum atomic E-state index is 3.49. The quantitative estimate of drug-likeness (QED) is 0.833. The molecule has 0 saturated carbocycles. The van der Waals surface area contributed by atoms with Crippen molar-refractivity contribution in [1.82, 2.24) is 9.88 Å². The molecule has 0 aliphatic carbocycles. The third-order valence-electron chi connectivity index (χ3n) is 3.06. The van der Waals surface area contributed by atoms with Gasteiger partial charge in [-0.05, 0) is 42.5 Å². The van der Waals surface area contributed by atoms with Crippen molar-refractivity contribution in [3.8, 4) is 0 Å². The minimum atomic E-state index is 0.707. The normalized spacial score (nSPS) is 11.5. The van der Waals surface area contributed by atoms with Gasteiger partial charge >= 0.3 is 0 Å². The van der Waals surface area contributed by atoms with Crippen molar-refractivity contribution in [3.05, 3.63) is 36.0 Å². The Morgan fingerprint density at radius 3 is 2.76 bits per heavy atom. The fourth-order valence-corrected chi connectivity index (χ4v) is 2.12. The maximum Gasteiger partial charge on any atom is 0.0483 e. The Kier molecular flexibility index (Phi) is 3.85. The van der Waals surface area contributed by atoms with Crippen molar-refractivity contribution in [2.45, 2.75) is 33.9 Å². The molecule has 17 heavy (non-hydrogen) atoms. The van der Waals surface area contributed by atoms with Gasteiger partial charge in [-0.3, -0.25) is 0 Å². The van der Waals surface area contributed by atoms with Crippen LogP contribution in [0.1, 0.15) is 26.3 Å². The Morgan fingerprint density at radius 1 is 1.24 bits per heavy atom. The van der Waals surface area contributed by atoms with Crippen LogP contribution in [0.25, 0.3) is 10.9 Å². The number of benzene rings is 1. The summed E-state index contributed by atoms with van der Waals surface area (Å²) in [7, 11) is 0. The zero-order valence-corrected chi connectivity index (χ0v) is 11.0. The molecule has 2 aromatic rings. The molecule has 0 saturated heterocycles. The molecular weight excluding hydrogens is 208 g/mol. The molecule has 0 spiro atoms. The van der Waals surface area contributed by atoms with Gasteiger partial charge < -0.3 is 9.88 Å². The first kappa shape index (κ1) is 12.2. The number of hydrogen-bond donors (Lipinski definition) is 1. The molecular formula is C15H22N2. The van der Waals surface area contributed by atoms with E-state index in [9.17, 15) is 0 Å². The smallest absolute Gasteiger partial charge is 0.0483 e. The summed E-state index contributed by atoms with van der Waals surface area (Å²) in [4.78, 5) is 0. The van der Waals surface area contributed by atoms with E-state index in [2.05, 4.69) is 61.1 Å². The van der Waals surface area contributed by atoms with Gasteiger partial charge in [-0.1, -0.05) is 26.0 Å². The Balaban J connectivity index is 2.13. The molecule has 0 amide bonds. The van der Waals surface area contributed by atoms with E-state index in [4.69, 9.17) is 0 Å². The highest BCUT2D eigenvalue weighted by atomic mass is 14.9. The number of rotatable bonds is 5. The molecule has 0 atom stereocenters. The van der Waals surface area contributed by atoms with Crippen molar-refractivity contribution in [1.29, 1.82) is 0 Å². The molecule has 1 aromatic carbocycles. The lowest BCUT2D eigenvalue weighted by Crippen LogP contribution is -2.18. The lowest BCUT2D eigenvalue weighted by Gasteiger charge is -2.08. The van der Waals surface area contributed by atoms with Gasteiger partial charge in [0.15, 0.2) is 0 Å². The van der Waals surface area contributed by atoms with Crippen LogP contribution in [-0.2, 0) is 13.1 Å². The first-order valence-electron chi connectivity index (χ1n) is 6.49.